The monoisotopic (exact) mass is 282 g/mol. The van der Waals surface area contributed by atoms with Crippen molar-refractivity contribution in [2.24, 2.45) is 0 Å². The number of anilines is 1. The summed E-state index contributed by atoms with van der Waals surface area (Å²) in [4.78, 5) is 25.4. The Balaban J connectivity index is 2.50. The fourth-order valence-corrected chi connectivity index (χ4v) is 2.37. The molecule has 0 bridgehead atoms. The van der Waals surface area contributed by atoms with Crippen LogP contribution >= 0.6 is 0 Å². The molecule has 1 aliphatic heterocycles. The van der Waals surface area contributed by atoms with Crippen molar-refractivity contribution >= 4 is 17.5 Å². The number of nitrogens with one attached hydrogen (secondary N) is 1. The lowest BCUT2D eigenvalue weighted by Gasteiger charge is -2.38. The van der Waals surface area contributed by atoms with Crippen molar-refractivity contribution in [3.05, 3.63) is 29.8 Å². The summed E-state index contributed by atoms with van der Waals surface area (Å²) >= 11 is 0. The Morgan fingerprint density at radius 2 is 1.90 bits per heavy atom. The highest BCUT2D eigenvalue weighted by Crippen LogP contribution is 2.27. The molecule has 1 heterocycles. The van der Waals surface area contributed by atoms with Crippen LogP contribution in [0.2, 0.25) is 0 Å². The standard InChI is InChI=1S/C14H16F2N2O2/c1-3-10-14(20)18(11(4-2)13(19)17-10)12-7-8(15)5-6-9(12)16/h5-7,10-11H,3-4H2,1-2H3,(H,17,19). The van der Waals surface area contributed by atoms with Crippen molar-refractivity contribution in [1.29, 1.82) is 0 Å². The number of amides is 2. The van der Waals surface area contributed by atoms with Gasteiger partial charge in [-0.2, -0.15) is 0 Å². The quantitative estimate of drug-likeness (QED) is 0.921. The first-order valence-electron chi connectivity index (χ1n) is 6.58. The number of hydrogen-bond donors (Lipinski definition) is 1. The van der Waals surface area contributed by atoms with Crippen molar-refractivity contribution < 1.29 is 18.4 Å². The summed E-state index contributed by atoms with van der Waals surface area (Å²) in [5.41, 5.74) is -0.185. The second-order valence-electron chi connectivity index (χ2n) is 4.70. The zero-order valence-electron chi connectivity index (χ0n) is 11.3. The van der Waals surface area contributed by atoms with Gasteiger partial charge in [0.2, 0.25) is 11.8 Å². The maximum Gasteiger partial charge on any atom is 0.250 e. The third-order valence-electron chi connectivity index (χ3n) is 3.43. The molecule has 2 atom stereocenters. The van der Waals surface area contributed by atoms with E-state index in [2.05, 4.69) is 5.32 Å². The van der Waals surface area contributed by atoms with Gasteiger partial charge < -0.3 is 5.32 Å². The van der Waals surface area contributed by atoms with Crippen LogP contribution in [0.15, 0.2) is 18.2 Å². The van der Waals surface area contributed by atoms with E-state index in [1.807, 2.05) is 0 Å². The van der Waals surface area contributed by atoms with Crippen molar-refractivity contribution in [2.45, 2.75) is 38.8 Å². The molecular weight excluding hydrogens is 266 g/mol. The topological polar surface area (TPSA) is 49.4 Å². The number of halogens is 2. The zero-order valence-corrected chi connectivity index (χ0v) is 11.3. The molecule has 1 N–H and O–H groups in total. The number of piperazine rings is 1. The predicted octanol–water partition coefficient (Wildman–Crippen LogP) is 1.98. The first-order chi connectivity index (χ1) is 9.49. The normalized spacial score (nSPS) is 22.9. The van der Waals surface area contributed by atoms with E-state index < -0.39 is 29.6 Å². The summed E-state index contributed by atoms with van der Waals surface area (Å²) < 4.78 is 27.2. The van der Waals surface area contributed by atoms with Gasteiger partial charge in [-0.15, -0.1) is 0 Å². The highest BCUT2D eigenvalue weighted by atomic mass is 19.1. The minimum Gasteiger partial charge on any atom is -0.342 e. The van der Waals surface area contributed by atoms with Crippen molar-refractivity contribution in [3.8, 4) is 0 Å². The Morgan fingerprint density at radius 3 is 2.50 bits per heavy atom. The summed E-state index contributed by atoms with van der Waals surface area (Å²) in [6, 6.07) is 1.36. The first-order valence-corrected chi connectivity index (χ1v) is 6.58. The average molecular weight is 282 g/mol. The van der Waals surface area contributed by atoms with E-state index in [4.69, 9.17) is 0 Å². The molecule has 0 radical (unpaired) electrons. The molecule has 1 aromatic rings. The van der Waals surface area contributed by atoms with Crippen molar-refractivity contribution in [2.75, 3.05) is 4.90 Å². The molecule has 0 saturated carbocycles. The van der Waals surface area contributed by atoms with Gasteiger partial charge in [-0.25, -0.2) is 8.78 Å². The molecule has 1 aromatic carbocycles. The third-order valence-corrected chi connectivity index (χ3v) is 3.43. The predicted molar refractivity (Wildman–Crippen MR) is 70.1 cm³/mol. The molecule has 4 nitrogen and oxygen atoms in total. The van der Waals surface area contributed by atoms with E-state index in [1.165, 1.54) is 0 Å². The molecule has 108 valence electrons. The Kier molecular flexibility index (Phi) is 4.01. The number of nitrogens with zero attached hydrogens (tertiary/aromatic N) is 1. The van der Waals surface area contributed by atoms with Crippen LogP contribution in [0.5, 0.6) is 0 Å². The van der Waals surface area contributed by atoms with E-state index in [0.717, 1.165) is 23.1 Å². The van der Waals surface area contributed by atoms with Crippen LogP contribution in [-0.2, 0) is 9.59 Å². The number of rotatable bonds is 3. The van der Waals surface area contributed by atoms with E-state index >= 15 is 0 Å². The van der Waals surface area contributed by atoms with Gasteiger partial charge in [0.1, 0.15) is 23.7 Å². The molecule has 0 aromatic heterocycles. The smallest absolute Gasteiger partial charge is 0.250 e. The van der Waals surface area contributed by atoms with Crippen LogP contribution in [0.3, 0.4) is 0 Å². The summed E-state index contributed by atoms with van der Waals surface area (Å²) in [6.07, 6.45) is 0.721. The first kappa shape index (κ1) is 14.4. The van der Waals surface area contributed by atoms with E-state index in [0.29, 0.717) is 12.8 Å². The van der Waals surface area contributed by atoms with Crippen LogP contribution in [0.25, 0.3) is 0 Å². The molecular formula is C14H16F2N2O2. The van der Waals surface area contributed by atoms with Gasteiger partial charge in [0.05, 0.1) is 5.69 Å². The fourth-order valence-electron chi connectivity index (χ4n) is 2.37. The number of carbonyl (C=O) groups excluding carboxylic acids is 2. The highest BCUT2D eigenvalue weighted by Gasteiger charge is 2.40. The summed E-state index contributed by atoms with van der Waals surface area (Å²) in [7, 11) is 0. The van der Waals surface area contributed by atoms with E-state index in [1.54, 1.807) is 13.8 Å². The summed E-state index contributed by atoms with van der Waals surface area (Å²) in [6.45, 7) is 3.46. The van der Waals surface area contributed by atoms with Crippen molar-refractivity contribution in [3.63, 3.8) is 0 Å². The zero-order chi connectivity index (χ0) is 14.9. The molecule has 0 aliphatic carbocycles. The minimum atomic E-state index is -0.818. The Bertz CT molecular complexity index is 548. The van der Waals surface area contributed by atoms with E-state index in [9.17, 15) is 18.4 Å². The van der Waals surface area contributed by atoms with Gasteiger partial charge in [0.15, 0.2) is 0 Å². The van der Waals surface area contributed by atoms with Gasteiger partial charge in [-0.3, -0.25) is 14.5 Å². The van der Waals surface area contributed by atoms with Crippen LogP contribution < -0.4 is 10.2 Å². The SMILES string of the molecule is CCC1NC(=O)C(CC)N(c2cc(F)ccc2F)C1=O. The van der Waals surface area contributed by atoms with Crippen LogP contribution in [0, 0.1) is 11.6 Å². The lowest BCUT2D eigenvalue weighted by Crippen LogP contribution is -2.63. The van der Waals surface area contributed by atoms with Gasteiger partial charge in [0.25, 0.3) is 0 Å². The van der Waals surface area contributed by atoms with E-state index in [-0.39, 0.29) is 11.6 Å². The summed E-state index contributed by atoms with van der Waals surface area (Å²) in [5, 5.41) is 2.60. The molecule has 1 fully saturated rings. The fraction of sp³-hybridized carbons (Fsp3) is 0.429. The molecule has 20 heavy (non-hydrogen) atoms. The lowest BCUT2D eigenvalue weighted by atomic mass is 10.0. The van der Waals surface area contributed by atoms with Gasteiger partial charge in [-0.1, -0.05) is 13.8 Å². The number of carbonyl (C=O) groups is 2. The number of hydrogen-bond acceptors (Lipinski definition) is 2. The molecule has 1 saturated heterocycles. The molecule has 2 unspecified atom stereocenters. The third kappa shape index (κ3) is 2.37. The molecule has 2 amide bonds. The number of benzene rings is 1. The van der Waals surface area contributed by atoms with Crippen LogP contribution in [0.1, 0.15) is 26.7 Å². The second-order valence-corrected chi connectivity index (χ2v) is 4.70. The largest absolute Gasteiger partial charge is 0.342 e. The Hall–Kier alpha value is -1.98. The molecule has 2 rings (SSSR count). The highest BCUT2D eigenvalue weighted by molar-refractivity contribution is 6.08. The summed E-state index contributed by atoms with van der Waals surface area (Å²) in [5.74, 6) is -2.13. The van der Waals surface area contributed by atoms with Crippen molar-refractivity contribution in [1.82, 2.24) is 5.32 Å². The molecule has 6 heteroatoms. The Morgan fingerprint density at radius 1 is 1.20 bits per heavy atom. The maximum absolute atomic E-state index is 13.9. The van der Waals surface area contributed by atoms with Gasteiger partial charge in [-0.05, 0) is 25.0 Å². The minimum absolute atomic E-state index is 0.185. The van der Waals surface area contributed by atoms with Crippen LogP contribution in [-0.4, -0.2) is 23.9 Å². The molecule has 1 aliphatic rings. The van der Waals surface area contributed by atoms with Crippen LogP contribution in [0.4, 0.5) is 14.5 Å². The second kappa shape index (κ2) is 5.56. The maximum atomic E-state index is 13.9. The molecule has 0 spiro atoms. The lowest BCUT2D eigenvalue weighted by molar-refractivity contribution is -0.134. The van der Waals surface area contributed by atoms with Gasteiger partial charge >= 0.3 is 0 Å². The Labute approximate surface area is 115 Å². The van der Waals surface area contributed by atoms with Gasteiger partial charge in [0, 0.05) is 6.07 Å². The average Bonchev–Trinajstić information content (AvgIpc) is 2.43.